The molecule has 0 heterocycles. The third kappa shape index (κ3) is 5.65. The average Bonchev–Trinajstić information content (AvgIpc) is 2.37. The summed E-state index contributed by atoms with van der Waals surface area (Å²) in [7, 11) is 0. The van der Waals surface area contributed by atoms with E-state index in [1.807, 2.05) is 6.92 Å². The number of hydrogen-bond donors (Lipinski definition) is 2. The lowest BCUT2D eigenvalue weighted by Gasteiger charge is -2.37. The maximum absolute atomic E-state index is 9.97. The minimum atomic E-state index is -0.368. The van der Waals surface area contributed by atoms with Gasteiger partial charge in [-0.15, -0.1) is 0 Å². The Morgan fingerprint density at radius 1 is 1.28 bits per heavy atom. The van der Waals surface area contributed by atoms with Gasteiger partial charge in [0.25, 0.3) is 0 Å². The Labute approximate surface area is 111 Å². The maximum atomic E-state index is 9.97. The SMILES string of the molecule is CCCN(CC(O)COCC)C1CCC(N)CC1. The molecule has 108 valence electrons. The molecule has 1 atom stereocenters. The Balaban J connectivity index is 2.38. The van der Waals surface area contributed by atoms with Crippen LogP contribution in [-0.2, 0) is 4.74 Å². The Bertz CT molecular complexity index is 206. The topological polar surface area (TPSA) is 58.7 Å². The number of nitrogens with zero attached hydrogens (tertiary/aromatic N) is 1. The summed E-state index contributed by atoms with van der Waals surface area (Å²) in [5.74, 6) is 0. The molecule has 3 N–H and O–H groups in total. The molecule has 0 aliphatic heterocycles. The van der Waals surface area contributed by atoms with Crippen molar-refractivity contribution in [3.8, 4) is 0 Å². The van der Waals surface area contributed by atoms with Crippen molar-refractivity contribution in [1.82, 2.24) is 4.90 Å². The normalized spacial score (nSPS) is 26.5. The van der Waals surface area contributed by atoms with Crippen molar-refractivity contribution in [3.05, 3.63) is 0 Å². The van der Waals surface area contributed by atoms with Crippen molar-refractivity contribution >= 4 is 0 Å². The third-order valence-electron chi connectivity index (χ3n) is 3.73. The first-order valence-corrected chi connectivity index (χ1v) is 7.42. The Morgan fingerprint density at radius 3 is 2.50 bits per heavy atom. The highest BCUT2D eigenvalue weighted by Gasteiger charge is 2.25. The van der Waals surface area contributed by atoms with Crippen molar-refractivity contribution in [3.63, 3.8) is 0 Å². The molecule has 1 saturated carbocycles. The van der Waals surface area contributed by atoms with E-state index in [1.54, 1.807) is 0 Å². The van der Waals surface area contributed by atoms with Crippen LogP contribution in [0, 0.1) is 0 Å². The fourth-order valence-electron chi connectivity index (χ4n) is 2.75. The van der Waals surface area contributed by atoms with Crippen molar-refractivity contribution in [1.29, 1.82) is 0 Å². The summed E-state index contributed by atoms with van der Waals surface area (Å²) in [6.45, 7) is 7.05. The lowest BCUT2D eigenvalue weighted by atomic mass is 9.90. The Hall–Kier alpha value is -0.160. The summed E-state index contributed by atoms with van der Waals surface area (Å²) in [6.07, 6.45) is 5.33. The van der Waals surface area contributed by atoms with E-state index in [2.05, 4.69) is 11.8 Å². The van der Waals surface area contributed by atoms with Crippen molar-refractivity contribution in [2.45, 2.75) is 64.1 Å². The van der Waals surface area contributed by atoms with Gasteiger partial charge in [0.1, 0.15) is 0 Å². The average molecular weight is 258 g/mol. The van der Waals surface area contributed by atoms with Crippen LogP contribution in [-0.4, -0.2) is 54.5 Å². The van der Waals surface area contributed by atoms with Gasteiger partial charge in [-0.1, -0.05) is 6.92 Å². The molecule has 4 nitrogen and oxygen atoms in total. The molecule has 0 aromatic rings. The molecule has 1 aliphatic rings. The fourth-order valence-corrected chi connectivity index (χ4v) is 2.75. The molecule has 4 heteroatoms. The van der Waals surface area contributed by atoms with Gasteiger partial charge in [0.2, 0.25) is 0 Å². The highest BCUT2D eigenvalue weighted by atomic mass is 16.5. The number of aliphatic hydroxyl groups excluding tert-OH is 1. The molecule has 0 amide bonds. The largest absolute Gasteiger partial charge is 0.389 e. The van der Waals surface area contributed by atoms with Crippen molar-refractivity contribution in [2.24, 2.45) is 5.73 Å². The van der Waals surface area contributed by atoms with Gasteiger partial charge in [-0.3, -0.25) is 4.90 Å². The first-order valence-electron chi connectivity index (χ1n) is 7.42. The summed E-state index contributed by atoms with van der Waals surface area (Å²) in [6, 6.07) is 0.985. The van der Waals surface area contributed by atoms with Gasteiger partial charge in [0.05, 0.1) is 12.7 Å². The summed E-state index contributed by atoms with van der Waals surface area (Å²) in [4.78, 5) is 2.43. The van der Waals surface area contributed by atoms with Crippen LogP contribution in [0.15, 0.2) is 0 Å². The Morgan fingerprint density at radius 2 is 1.94 bits per heavy atom. The molecule has 0 bridgehead atoms. The van der Waals surface area contributed by atoms with E-state index in [1.165, 1.54) is 12.8 Å². The second-order valence-corrected chi connectivity index (χ2v) is 5.38. The zero-order valence-corrected chi connectivity index (χ0v) is 12.0. The van der Waals surface area contributed by atoms with Gasteiger partial charge in [0.15, 0.2) is 0 Å². The number of rotatable bonds is 8. The standard InChI is InChI=1S/C14H30N2O2/c1-3-9-16(10-14(17)11-18-4-2)13-7-5-12(15)6-8-13/h12-14,17H,3-11,15H2,1-2H3. The molecule has 0 radical (unpaired) electrons. The van der Waals surface area contributed by atoms with E-state index in [0.717, 1.165) is 32.4 Å². The third-order valence-corrected chi connectivity index (χ3v) is 3.73. The molecule has 1 unspecified atom stereocenters. The maximum Gasteiger partial charge on any atom is 0.0900 e. The van der Waals surface area contributed by atoms with Crippen LogP contribution in [0.3, 0.4) is 0 Å². The quantitative estimate of drug-likeness (QED) is 0.690. The predicted molar refractivity (Wildman–Crippen MR) is 74.6 cm³/mol. The van der Waals surface area contributed by atoms with Crippen LogP contribution >= 0.6 is 0 Å². The molecule has 1 aliphatic carbocycles. The van der Waals surface area contributed by atoms with Crippen LogP contribution in [0.5, 0.6) is 0 Å². The molecule has 1 fully saturated rings. The number of ether oxygens (including phenoxy) is 1. The van der Waals surface area contributed by atoms with E-state index < -0.39 is 0 Å². The second kappa shape index (κ2) is 8.86. The van der Waals surface area contributed by atoms with E-state index in [0.29, 0.717) is 25.3 Å². The van der Waals surface area contributed by atoms with E-state index in [9.17, 15) is 5.11 Å². The molecule has 18 heavy (non-hydrogen) atoms. The number of aliphatic hydroxyl groups is 1. The summed E-state index contributed by atoms with van der Waals surface area (Å²) in [5, 5.41) is 9.97. The Kier molecular flexibility index (Phi) is 7.82. The van der Waals surface area contributed by atoms with E-state index in [4.69, 9.17) is 10.5 Å². The van der Waals surface area contributed by atoms with Gasteiger partial charge in [-0.05, 0) is 45.6 Å². The number of nitrogens with two attached hydrogens (primary N) is 1. The monoisotopic (exact) mass is 258 g/mol. The molecule has 1 rings (SSSR count). The van der Waals surface area contributed by atoms with E-state index in [-0.39, 0.29) is 6.10 Å². The molecular formula is C14H30N2O2. The van der Waals surface area contributed by atoms with Gasteiger partial charge in [-0.25, -0.2) is 0 Å². The summed E-state index contributed by atoms with van der Waals surface area (Å²) >= 11 is 0. The molecule has 0 aromatic carbocycles. The minimum Gasteiger partial charge on any atom is -0.389 e. The van der Waals surface area contributed by atoms with Crippen LogP contribution in [0.2, 0.25) is 0 Å². The first-order chi connectivity index (χ1) is 8.67. The van der Waals surface area contributed by atoms with Gasteiger partial charge in [0, 0.05) is 25.2 Å². The zero-order valence-electron chi connectivity index (χ0n) is 12.0. The van der Waals surface area contributed by atoms with Gasteiger partial charge >= 0.3 is 0 Å². The number of hydrogen-bond acceptors (Lipinski definition) is 4. The van der Waals surface area contributed by atoms with Crippen LogP contribution in [0.4, 0.5) is 0 Å². The minimum absolute atomic E-state index is 0.368. The van der Waals surface area contributed by atoms with Crippen LogP contribution in [0.1, 0.15) is 46.0 Å². The summed E-state index contributed by atoms with van der Waals surface area (Å²) < 4.78 is 5.28. The highest BCUT2D eigenvalue weighted by Crippen LogP contribution is 2.22. The smallest absolute Gasteiger partial charge is 0.0900 e. The summed E-state index contributed by atoms with van der Waals surface area (Å²) in [5.41, 5.74) is 5.95. The zero-order chi connectivity index (χ0) is 13.4. The molecule has 0 saturated heterocycles. The highest BCUT2D eigenvalue weighted by molar-refractivity contribution is 4.82. The first kappa shape index (κ1) is 15.9. The van der Waals surface area contributed by atoms with Gasteiger partial charge < -0.3 is 15.6 Å². The van der Waals surface area contributed by atoms with E-state index >= 15 is 0 Å². The van der Waals surface area contributed by atoms with Crippen LogP contribution in [0.25, 0.3) is 0 Å². The van der Waals surface area contributed by atoms with Crippen LogP contribution < -0.4 is 5.73 Å². The molecule has 0 aromatic heterocycles. The van der Waals surface area contributed by atoms with Gasteiger partial charge in [-0.2, -0.15) is 0 Å². The molecular weight excluding hydrogens is 228 g/mol. The predicted octanol–water partition coefficient (Wildman–Crippen LogP) is 1.37. The van der Waals surface area contributed by atoms with Crippen molar-refractivity contribution < 1.29 is 9.84 Å². The second-order valence-electron chi connectivity index (χ2n) is 5.38. The fraction of sp³-hybridized carbons (Fsp3) is 1.00. The lowest BCUT2D eigenvalue weighted by molar-refractivity contribution is 0.00751. The lowest BCUT2D eigenvalue weighted by Crippen LogP contribution is -2.45. The molecule has 0 spiro atoms. The van der Waals surface area contributed by atoms with Crippen molar-refractivity contribution in [2.75, 3.05) is 26.3 Å².